The number of hydrogen-bond acceptors (Lipinski definition) is 3. The summed E-state index contributed by atoms with van der Waals surface area (Å²) in [4.78, 5) is 14.2. The topological polar surface area (TPSA) is 52.6 Å². The Kier molecular flexibility index (Phi) is 7.52. The third-order valence-electron chi connectivity index (χ3n) is 2.97. The first-order valence-electron chi connectivity index (χ1n) is 7.17. The number of benzene rings is 1. The molecule has 0 aromatic heterocycles. The van der Waals surface area contributed by atoms with Crippen LogP contribution >= 0.6 is 0 Å². The highest BCUT2D eigenvalue weighted by Crippen LogP contribution is 2.09. The Morgan fingerprint density at radius 1 is 1.29 bits per heavy atom. The second-order valence-electron chi connectivity index (χ2n) is 5.31. The molecule has 4 nitrogen and oxygen atoms in total. The van der Waals surface area contributed by atoms with E-state index in [-0.39, 0.29) is 12.5 Å². The van der Waals surface area contributed by atoms with Gasteiger partial charge in [0.1, 0.15) is 6.61 Å². The smallest absolute Gasteiger partial charge is 0.251 e. The predicted molar refractivity (Wildman–Crippen MR) is 85.3 cm³/mol. The van der Waals surface area contributed by atoms with Gasteiger partial charge in [0, 0.05) is 17.7 Å². The lowest BCUT2D eigenvalue weighted by atomic mass is 10.1. The number of carbonyl (C=O) groups excluding carboxylic acids is 1. The normalized spacial score (nSPS) is 10.1. The third kappa shape index (κ3) is 6.94. The van der Waals surface area contributed by atoms with Gasteiger partial charge in [-0.2, -0.15) is 0 Å². The van der Waals surface area contributed by atoms with E-state index < -0.39 is 0 Å². The standard InChI is InChI=1S/C17H24N2O2/c1-14-11-15(7-6-10-20)13-16(12-14)17(21)18-8-4-5-9-19(2)3/h11-13,20H,4-5,8-10H2,1-3H3,(H,18,21). The molecule has 0 heterocycles. The Morgan fingerprint density at radius 3 is 2.71 bits per heavy atom. The van der Waals surface area contributed by atoms with E-state index in [1.807, 2.05) is 33.2 Å². The lowest BCUT2D eigenvalue weighted by Crippen LogP contribution is -2.25. The Labute approximate surface area is 127 Å². The van der Waals surface area contributed by atoms with Crippen molar-refractivity contribution in [3.05, 3.63) is 34.9 Å². The SMILES string of the molecule is Cc1cc(C#CCO)cc(C(=O)NCCCCN(C)C)c1. The Morgan fingerprint density at radius 2 is 2.05 bits per heavy atom. The minimum Gasteiger partial charge on any atom is -0.384 e. The van der Waals surface area contributed by atoms with Crippen LogP contribution in [0.25, 0.3) is 0 Å². The molecule has 0 atom stereocenters. The number of rotatable bonds is 6. The summed E-state index contributed by atoms with van der Waals surface area (Å²) < 4.78 is 0. The van der Waals surface area contributed by atoms with Crippen molar-refractivity contribution in [2.24, 2.45) is 0 Å². The van der Waals surface area contributed by atoms with Gasteiger partial charge in [0.05, 0.1) is 0 Å². The molecule has 0 bridgehead atoms. The highest BCUT2D eigenvalue weighted by atomic mass is 16.2. The molecule has 21 heavy (non-hydrogen) atoms. The molecule has 0 spiro atoms. The number of aliphatic hydroxyl groups is 1. The van der Waals surface area contributed by atoms with Crippen molar-refractivity contribution in [3.8, 4) is 11.8 Å². The molecule has 0 fully saturated rings. The van der Waals surface area contributed by atoms with Crippen LogP contribution in [-0.4, -0.2) is 49.7 Å². The van der Waals surface area contributed by atoms with Gasteiger partial charge in [0.2, 0.25) is 0 Å². The molecule has 114 valence electrons. The first kappa shape index (κ1) is 17.2. The summed E-state index contributed by atoms with van der Waals surface area (Å²) in [6.07, 6.45) is 2.03. The molecular formula is C17H24N2O2. The summed E-state index contributed by atoms with van der Waals surface area (Å²) >= 11 is 0. The van der Waals surface area contributed by atoms with E-state index in [4.69, 9.17) is 5.11 Å². The van der Waals surface area contributed by atoms with Crippen LogP contribution in [0.15, 0.2) is 18.2 Å². The maximum Gasteiger partial charge on any atom is 0.251 e. The summed E-state index contributed by atoms with van der Waals surface area (Å²) in [6.45, 7) is 3.46. The quantitative estimate of drug-likeness (QED) is 0.615. The zero-order valence-electron chi connectivity index (χ0n) is 13.1. The number of aliphatic hydroxyl groups excluding tert-OH is 1. The Balaban J connectivity index is 2.55. The molecule has 4 heteroatoms. The summed E-state index contributed by atoms with van der Waals surface area (Å²) in [7, 11) is 4.08. The zero-order valence-corrected chi connectivity index (χ0v) is 13.1. The molecular weight excluding hydrogens is 264 g/mol. The van der Waals surface area contributed by atoms with Crippen LogP contribution in [-0.2, 0) is 0 Å². The van der Waals surface area contributed by atoms with Crippen LogP contribution in [0.3, 0.4) is 0 Å². The van der Waals surface area contributed by atoms with Crippen LogP contribution < -0.4 is 5.32 Å². The van der Waals surface area contributed by atoms with Crippen LogP contribution in [0.4, 0.5) is 0 Å². The zero-order chi connectivity index (χ0) is 15.7. The van der Waals surface area contributed by atoms with Gasteiger partial charge >= 0.3 is 0 Å². The van der Waals surface area contributed by atoms with Crippen molar-refractivity contribution in [1.29, 1.82) is 0 Å². The van der Waals surface area contributed by atoms with E-state index in [9.17, 15) is 4.79 Å². The molecule has 0 unspecified atom stereocenters. The van der Waals surface area contributed by atoms with E-state index in [2.05, 4.69) is 22.1 Å². The van der Waals surface area contributed by atoms with Crippen molar-refractivity contribution < 1.29 is 9.90 Å². The van der Waals surface area contributed by atoms with E-state index in [1.54, 1.807) is 6.07 Å². The van der Waals surface area contributed by atoms with Gasteiger partial charge in [-0.3, -0.25) is 4.79 Å². The third-order valence-corrected chi connectivity index (χ3v) is 2.97. The molecule has 0 aliphatic carbocycles. The summed E-state index contributed by atoms with van der Waals surface area (Å²) in [5.74, 6) is 5.36. The van der Waals surface area contributed by atoms with E-state index in [1.165, 1.54) is 0 Å². The van der Waals surface area contributed by atoms with E-state index >= 15 is 0 Å². The number of amides is 1. The minimum absolute atomic E-state index is 0.0735. The Hall–Kier alpha value is -1.83. The van der Waals surface area contributed by atoms with Crippen molar-refractivity contribution in [3.63, 3.8) is 0 Å². The predicted octanol–water partition coefficient (Wildman–Crippen LogP) is 1.41. The number of unbranched alkanes of at least 4 members (excludes halogenated alkanes) is 1. The molecule has 0 saturated heterocycles. The van der Waals surface area contributed by atoms with Crippen molar-refractivity contribution in [2.75, 3.05) is 33.8 Å². The van der Waals surface area contributed by atoms with Crippen molar-refractivity contribution in [2.45, 2.75) is 19.8 Å². The highest BCUT2D eigenvalue weighted by molar-refractivity contribution is 5.94. The molecule has 0 saturated carbocycles. The van der Waals surface area contributed by atoms with Crippen molar-refractivity contribution >= 4 is 5.91 Å². The second-order valence-corrected chi connectivity index (χ2v) is 5.31. The van der Waals surface area contributed by atoms with Gasteiger partial charge in [0.25, 0.3) is 5.91 Å². The maximum atomic E-state index is 12.1. The van der Waals surface area contributed by atoms with Crippen LogP contribution in [0, 0.1) is 18.8 Å². The fourth-order valence-corrected chi connectivity index (χ4v) is 1.98. The monoisotopic (exact) mass is 288 g/mol. The summed E-state index contributed by atoms with van der Waals surface area (Å²) in [5.41, 5.74) is 2.35. The number of aryl methyl sites for hydroxylation is 1. The number of hydrogen-bond donors (Lipinski definition) is 2. The second kappa shape index (κ2) is 9.17. The minimum atomic E-state index is -0.179. The Bertz CT molecular complexity index is 527. The molecule has 1 aromatic carbocycles. The molecule has 0 aliphatic heterocycles. The van der Waals surface area contributed by atoms with Gasteiger partial charge < -0.3 is 15.3 Å². The fourth-order valence-electron chi connectivity index (χ4n) is 1.98. The average Bonchev–Trinajstić information content (AvgIpc) is 2.43. The number of carbonyl (C=O) groups is 1. The van der Waals surface area contributed by atoms with Crippen LogP contribution in [0.2, 0.25) is 0 Å². The van der Waals surface area contributed by atoms with E-state index in [0.29, 0.717) is 12.1 Å². The summed E-state index contributed by atoms with van der Waals surface area (Å²) in [5, 5.41) is 11.7. The number of nitrogens with one attached hydrogen (secondary N) is 1. The van der Waals surface area contributed by atoms with Gasteiger partial charge in [-0.25, -0.2) is 0 Å². The molecule has 1 rings (SSSR count). The molecule has 0 radical (unpaired) electrons. The fraction of sp³-hybridized carbons (Fsp3) is 0.471. The highest BCUT2D eigenvalue weighted by Gasteiger charge is 2.06. The summed E-state index contributed by atoms with van der Waals surface area (Å²) in [6, 6.07) is 5.50. The maximum absolute atomic E-state index is 12.1. The van der Waals surface area contributed by atoms with Gasteiger partial charge in [-0.15, -0.1) is 0 Å². The van der Waals surface area contributed by atoms with Crippen LogP contribution in [0.5, 0.6) is 0 Å². The van der Waals surface area contributed by atoms with Crippen molar-refractivity contribution in [1.82, 2.24) is 10.2 Å². The molecule has 1 amide bonds. The van der Waals surface area contributed by atoms with Gasteiger partial charge in [-0.05, 0) is 64.2 Å². The van der Waals surface area contributed by atoms with Crippen LogP contribution in [0.1, 0.15) is 34.3 Å². The average molecular weight is 288 g/mol. The molecule has 0 aliphatic rings. The van der Waals surface area contributed by atoms with Gasteiger partial charge in [-0.1, -0.05) is 11.8 Å². The first-order chi connectivity index (χ1) is 10.0. The number of nitrogens with zero attached hydrogens (tertiary/aromatic N) is 1. The lowest BCUT2D eigenvalue weighted by molar-refractivity contribution is 0.0952. The first-order valence-corrected chi connectivity index (χ1v) is 7.17. The largest absolute Gasteiger partial charge is 0.384 e. The lowest BCUT2D eigenvalue weighted by Gasteiger charge is -2.10. The molecule has 2 N–H and O–H groups in total. The molecule has 1 aromatic rings. The van der Waals surface area contributed by atoms with E-state index in [0.717, 1.165) is 30.5 Å². The van der Waals surface area contributed by atoms with Gasteiger partial charge in [0.15, 0.2) is 0 Å².